The fourth-order valence-electron chi connectivity index (χ4n) is 1.71. The summed E-state index contributed by atoms with van der Waals surface area (Å²) in [5.41, 5.74) is 1.68. The third-order valence-electron chi connectivity index (χ3n) is 2.89. The van der Waals surface area contributed by atoms with Crippen LogP contribution in [0.4, 0.5) is 0 Å². The normalized spacial score (nSPS) is 11.5. The van der Waals surface area contributed by atoms with Crippen molar-refractivity contribution in [3.05, 3.63) is 69.7 Å². The highest BCUT2D eigenvalue weighted by Crippen LogP contribution is 2.11. The van der Waals surface area contributed by atoms with Gasteiger partial charge >= 0.3 is 0 Å². The zero-order valence-corrected chi connectivity index (χ0v) is 13.5. The van der Waals surface area contributed by atoms with Crippen LogP contribution in [0.3, 0.4) is 0 Å². The van der Waals surface area contributed by atoms with Gasteiger partial charge in [-0.2, -0.15) is 0 Å². The summed E-state index contributed by atoms with van der Waals surface area (Å²) < 4.78 is 26.4. The van der Waals surface area contributed by atoms with E-state index in [0.717, 1.165) is 11.1 Å². The van der Waals surface area contributed by atoms with Gasteiger partial charge in [-0.3, -0.25) is 0 Å². The Morgan fingerprint density at radius 3 is 2.29 bits per heavy atom. The summed E-state index contributed by atoms with van der Waals surface area (Å²) in [5.74, 6) is 0.0300. The highest BCUT2D eigenvalue weighted by atomic mass is 35.5. The lowest BCUT2D eigenvalue weighted by atomic mass is 10.2. The predicted octanol–water partition coefficient (Wildman–Crippen LogP) is 3.46. The molecule has 2 rings (SSSR count). The molecular weight excluding hydrogens is 329 g/mol. The zero-order valence-electron chi connectivity index (χ0n) is 11.1. The van der Waals surface area contributed by atoms with E-state index in [4.69, 9.17) is 23.2 Å². The molecule has 1 radical (unpaired) electrons. The number of sulfonamides is 1. The van der Waals surface area contributed by atoms with Gasteiger partial charge in [0, 0.05) is 16.6 Å². The van der Waals surface area contributed by atoms with Crippen molar-refractivity contribution >= 4 is 33.2 Å². The van der Waals surface area contributed by atoms with E-state index in [1.807, 2.05) is 12.1 Å². The van der Waals surface area contributed by atoms with E-state index >= 15 is 0 Å². The smallest absolute Gasteiger partial charge is 0.212 e. The van der Waals surface area contributed by atoms with E-state index < -0.39 is 10.0 Å². The number of halogens is 2. The van der Waals surface area contributed by atoms with Crippen molar-refractivity contribution in [2.75, 3.05) is 5.75 Å². The number of hydrogen-bond donors (Lipinski definition) is 1. The molecular formula is C15H14Cl2NO2S. The lowest BCUT2D eigenvalue weighted by Crippen LogP contribution is -2.26. The topological polar surface area (TPSA) is 46.2 Å². The Balaban J connectivity index is 1.87. The van der Waals surface area contributed by atoms with E-state index in [-0.39, 0.29) is 12.3 Å². The third kappa shape index (κ3) is 5.67. The maximum Gasteiger partial charge on any atom is 0.212 e. The molecule has 0 unspecified atom stereocenters. The fourth-order valence-corrected chi connectivity index (χ4v) is 2.98. The van der Waals surface area contributed by atoms with E-state index in [1.54, 1.807) is 30.3 Å². The maximum absolute atomic E-state index is 11.9. The summed E-state index contributed by atoms with van der Waals surface area (Å²) in [4.78, 5) is 0. The van der Waals surface area contributed by atoms with Gasteiger partial charge in [-0.1, -0.05) is 41.4 Å². The highest BCUT2D eigenvalue weighted by molar-refractivity contribution is 7.89. The van der Waals surface area contributed by atoms with Gasteiger partial charge in [-0.15, -0.1) is 0 Å². The fraction of sp³-hybridized carbons (Fsp3) is 0.200. The standard InChI is InChI=1S/C15H14Cl2NO2S/c16-14-5-1-12(2-6-14)9-10-21(19,20)18-11-13-3-7-15(17)8-4-13/h1-3,5-8,18H,9-11H2. The van der Waals surface area contributed by atoms with Gasteiger partial charge in [-0.25, -0.2) is 13.1 Å². The second-order valence-corrected chi connectivity index (χ2v) is 7.35. The van der Waals surface area contributed by atoms with Gasteiger partial charge in [-0.05, 0) is 47.9 Å². The van der Waals surface area contributed by atoms with E-state index in [9.17, 15) is 8.42 Å². The minimum absolute atomic E-state index is 0.0300. The van der Waals surface area contributed by atoms with E-state index in [0.29, 0.717) is 16.5 Å². The molecule has 0 aromatic heterocycles. The SMILES string of the molecule is O=S(=O)(CCc1ccc(Cl)cc1)NCc1[c]cc(Cl)cc1. The van der Waals surface area contributed by atoms with Crippen molar-refractivity contribution in [3.63, 3.8) is 0 Å². The summed E-state index contributed by atoms with van der Waals surface area (Å²) >= 11 is 11.5. The van der Waals surface area contributed by atoms with Crippen LogP contribution in [-0.4, -0.2) is 14.2 Å². The maximum atomic E-state index is 11.9. The first kappa shape index (κ1) is 16.3. The van der Waals surface area contributed by atoms with Crippen molar-refractivity contribution in [1.82, 2.24) is 4.72 Å². The average molecular weight is 343 g/mol. The van der Waals surface area contributed by atoms with Crippen molar-refractivity contribution in [2.24, 2.45) is 0 Å². The Kier molecular flexibility index (Phi) is 5.65. The van der Waals surface area contributed by atoms with Gasteiger partial charge in [0.2, 0.25) is 10.0 Å². The number of benzene rings is 2. The first-order chi connectivity index (χ1) is 9.94. The molecule has 0 aliphatic rings. The first-order valence-electron chi connectivity index (χ1n) is 6.32. The van der Waals surface area contributed by atoms with Crippen molar-refractivity contribution in [2.45, 2.75) is 13.0 Å². The Hall–Kier alpha value is -1.07. The Morgan fingerprint density at radius 1 is 1.00 bits per heavy atom. The molecule has 1 N–H and O–H groups in total. The summed E-state index contributed by atoms with van der Waals surface area (Å²) in [7, 11) is -3.33. The molecule has 21 heavy (non-hydrogen) atoms. The van der Waals surface area contributed by atoms with Crippen LogP contribution in [0.5, 0.6) is 0 Å². The van der Waals surface area contributed by atoms with Gasteiger partial charge in [0.25, 0.3) is 0 Å². The molecule has 111 valence electrons. The molecule has 0 atom stereocenters. The lowest BCUT2D eigenvalue weighted by molar-refractivity contribution is 0.580. The molecule has 0 spiro atoms. The van der Waals surface area contributed by atoms with Crippen LogP contribution < -0.4 is 4.72 Å². The van der Waals surface area contributed by atoms with Crippen LogP contribution in [0.2, 0.25) is 10.0 Å². The van der Waals surface area contributed by atoms with Crippen molar-refractivity contribution in [1.29, 1.82) is 0 Å². The van der Waals surface area contributed by atoms with Crippen molar-refractivity contribution < 1.29 is 8.42 Å². The number of aryl methyl sites for hydroxylation is 1. The van der Waals surface area contributed by atoms with Crippen LogP contribution in [-0.2, 0) is 23.0 Å². The minimum atomic E-state index is -3.33. The minimum Gasteiger partial charge on any atom is -0.212 e. The Labute approximate surface area is 135 Å². The van der Waals surface area contributed by atoms with Gasteiger partial charge in [0.15, 0.2) is 0 Å². The van der Waals surface area contributed by atoms with Crippen LogP contribution in [0.1, 0.15) is 11.1 Å². The molecule has 2 aromatic rings. The number of nitrogens with one attached hydrogen (secondary N) is 1. The van der Waals surface area contributed by atoms with Crippen LogP contribution in [0.25, 0.3) is 0 Å². The van der Waals surface area contributed by atoms with Crippen LogP contribution >= 0.6 is 23.2 Å². The monoisotopic (exact) mass is 342 g/mol. The summed E-state index contributed by atoms with van der Waals surface area (Å²) in [6.45, 7) is 0.208. The largest absolute Gasteiger partial charge is 0.212 e. The summed E-state index contributed by atoms with van der Waals surface area (Å²) in [6.07, 6.45) is 0.441. The molecule has 0 heterocycles. The number of rotatable bonds is 6. The molecule has 0 saturated carbocycles. The van der Waals surface area contributed by atoms with E-state index in [1.165, 1.54) is 0 Å². The molecule has 3 nitrogen and oxygen atoms in total. The lowest BCUT2D eigenvalue weighted by Gasteiger charge is -2.07. The third-order valence-corrected chi connectivity index (χ3v) is 4.71. The second-order valence-electron chi connectivity index (χ2n) is 4.55. The quantitative estimate of drug-likeness (QED) is 0.873. The highest BCUT2D eigenvalue weighted by Gasteiger charge is 2.10. The molecule has 0 fully saturated rings. The van der Waals surface area contributed by atoms with Gasteiger partial charge in [0.1, 0.15) is 0 Å². The zero-order chi connectivity index (χ0) is 15.3. The van der Waals surface area contributed by atoms with Gasteiger partial charge < -0.3 is 0 Å². The molecule has 2 aromatic carbocycles. The second kappa shape index (κ2) is 7.27. The Bertz CT molecular complexity index is 627. The van der Waals surface area contributed by atoms with Gasteiger partial charge in [0.05, 0.1) is 5.75 Å². The summed E-state index contributed by atoms with van der Waals surface area (Å²) in [6, 6.07) is 15.1. The Morgan fingerprint density at radius 2 is 1.67 bits per heavy atom. The molecule has 0 saturated heterocycles. The molecule has 0 aliphatic heterocycles. The molecule has 0 bridgehead atoms. The first-order valence-corrected chi connectivity index (χ1v) is 8.73. The molecule has 0 aliphatic carbocycles. The number of hydrogen-bond acceptors (Lipinski definition) is 2. The predicted molar refractivity (Wildman–Crippen MR) is 86.1 cm³/mol. The van der Waals surface area contributed by atoms with Crippen molar-refractivity contribution in [3.8, 4) is 0 Å². The van der Waals surface area contributed by atoms with Crippen LogP contribution in [0, 0.1) is 6.07 Å². The molecule has 6 heteroatoms. The summed E-state index contributed by atoms with van der Waals surface area (Å²) in [5, 5.41) is 1.21. The van der Waals surface area contributed by atoms with E-state index in [2.05, 4.69) is 10.8 Å². The average Bonchev–Trinajstić information content (AvgIpc) is 2.46. The van der Waals surface area contributed by atoms with Crippen LogP contribution in [0.15, 0.2) is 42.5 Å². The molecule has 0 amide bonds.